The van der Waals surface area contributed by atoms with Gasteiger partial charge in [0.15, 0.2) is 11.5 Å². The number of fused-ring (bicyclic) bond motifs is 1. The minimum Gasteiger partial charge on any atom is -0.454 e. The molecule has 1 unspecified atom stereocenters. The molecule has 0 saturated carbocycles. The summed E-state index contributed by atoms with van der Waals surface area (Å²) in [6.07, 6.45) is 2.40. The van der Waals surface area contributed by atoms with E-state index < -0.39 is 0 Å². The number of hydrogen-bond acceptors (Lipinski definition) is 4. The second-order valence-electron chi connectivity index (χ2n) is 6.05. The molecule has 0 aromatic heterocycles. The van der Waals surface area contributed by atoms with Crippen molar-refractivity contribution >= 4 is 0 Å². The Balaban J connectivity index is 1.71. The van der Waals surface area contributed by atoms with E-state index in [-0.39, 0.29) is 12.8 Å². The van der Waals surface area contributed by atoms with Gasteiger partial charge in [0.1, 0.15) is 0 Å². The number of para-hydroxylation sites is 1. The lowest BCUT2D eigenvalue weighted by Gasteiger charge is -2.20. The van der Waals surface area contributed by atoms with Gasteiger partial charge in [-0.3, -0.25) is 0 Å². The zero-order valence-corrected chi connectivity index (χ0v) is 13.9. The van der Waals surface area contributed by atoms with Crippen molar-refractivity contribution in [2.45, 2.75) is 38.8 Å². The van der Waals surface area contributed by atoms with Gasteiger partial charge in [-0.1, -0.05) is 42.0 Å². The van der Waals surface area contributed by atoms with Gasteiger partial charge < -0.3 is 14.8 Å². The summed E-state index contributed by atoms with van der Waals surface area (Å²) in [5.74, 6) is 1.65. The van der Waals surface area contributed by atoms with Crippen molar-refractivity contribution in [3.05, 3.63) is 59.2 Å². The molecule has 1 atom stereocenters. The molecule has 0 fully saturated rings. The predicted molar refractivity (Wildman–Crippen MR) is 92.8 cm³/mol. The maximum atomic E-state index is 8.80. The lowest BCUT2D eigenvalue weighted by molar-refractivity contribution is 0.173. The largest absolute Gasteiger partial charge is 0.454 e. The van der Waals surface area contributed by atoms with Gasteiger partial charge in [-0.2, -0.15) is 5.26 Å². The number of unbranched alkanes of at least 4 members (excludes halogenated alkanes) is 1. The molecule has 0 amide bonds. The summed E-state index contributed by atoms with van der Waals surface area (Å²) in [7, 11) is 0. The highest BCUT2D eigenvalue weighted by molar-refractivity contribution is 5.48. The predicted octanol–water partition coefficient (Wildman–Crippen LogP) is 4.25. The zero-order chi connectivity index (χ0) is 16.8. The van der Waals surface area contributed by atoms with Crippen molar-refractivity contribution in [3.8, 4) is 17.6 Å². The third-order valence-electron chi connectivity index (χ3n) is 4.28. The number of hydrogen-bond donors (Lipinski definition) is 1. The fourth-order valence-electron chi connectivity index (χ4n) is 2.93. The van der Waals surface area contributed by atoms with Crippen molar-refractivity contribution in [3.63, 3.8) is 0 Å². The van der Waals surface area contributed by atoms with Crippen LogP contribution in [0.25, 0.3) is 0 Å². The van der Waals surface area contributed by atoms with E-state index in [4.69, 9.17) is 14.7 Å². The molecule has 2 aromatic carbocycles. The lowest BCUT2D eigenvalue weighted by Crippen LogP contribution is -2.21. The monoisotopic (exact) mass is 322 g/mol. The van der Waals surface area contributed by atoms with Crippen molar-refractivity contribution in [1.82, 2.24) is 5.32 Å². The molecule has 3 rings (SSSR count). The van der Waals surface area contributed by atoms with Crippen molar-refractivity contribution < 1.29 is 9.47 Å². The Morgan fingerprint density at radius 2 is 2.00 bits per heavy atom. The number of nitrogens with one attached hydrogen (secondary N) is 1. The summed E-state index contributed by atoms with van der Waals surface area (Å²) in [4.78, 5) is 0. The number of aryl methyl sites for hydroxylation is 1. The zero-order valence-electron chi connectivity index (χ0n) is 13.9. The number of benzene rings is 2. The van der Waals surface area contributed by atoms with Gasteiger partial charge in [0.25, 0.3) is 0 Å². The second-order valence-corrected chi connectivity index (χ2v) is 6.05. The molecule has 1 heterocycles. The van der Waals surface area contributed by atoms with Crippen LogP contribution in [0.3, 0.4) is 0 Å². The molecule has 0 aliphatic carbocycles. The summed E-state index contributed by atoms with van der Waals surface area (Å²) < 4.78 is 11.0. The van der Waals surface area contributed by atoms with Crippen molar-refractivity contribution in [2.75, 3.05) is 6.79 Å². The molecule has 4 nitrogen and oxygen atoms in total. The van der Waals surface area contributed by atoms with Crippen molar-refractivity contribution in [2.24, 2.45) is 0 Å². The van der Waals surface area contributed by atoms with E-state index in [0.29, 0.717) is 13.0 Å². The summed E-state index contributed by atoms with van der Waals surface area (Å²) in [5, 5.41) is 12.4. The van der Waals surface area contributed by atoms with Crippen molar-refractivity contribution in [1.29, 1.82) is 5.26 Å². The van der Waals surface area contributed by atoms with Crippen LogP contribution in [0.2, 0.25) is 0 Å². The van der Waals surface area contributed by atoms with E-state index in [0.717, 1.165) is 29.9 Å². The lowest BCUT2D eigenvalue weighted by atomic mass is 9.99. The van der Waals surface area contributed by atoms with Crippen LogP contribution in [0.15, 0.2) is 42.5 Å². The van der Waals surface area contributed by atoms with E-state index in [1.165, 1.54) is 11.1 Å². The first kappa shape index (κ1) is 16.4. The van der Waals surface area contributed by atoms with Crippen LogP contribution in [-0.4, -0.2) is 6.79 Å². The minimum atomic E-state index is 0.220. The van der Waals surface area contributed by atoms with Crippen LogP contribution >= 0.6 is 0 Å². The van der Waals surface area contributed by atoms with Crippen LogP contribution in [0, 0.1) is 18.3 Å². The number of nitrogens with zero attached hydrogens (tertiary/aromatic N) is 1. The molecule has 0 spiro atoms. The normalized spacial score (nSPS) is 13.5. The molecule has 0 radical (unpaired) electrons. The Morgan fingerprint density at radius 3 is 2.79 bits per heavy atom. The molecular formula is C20H22N2O2. The topological polar surface area (TPSA) is 54.3 Å². The van der Waals surface area contributed by atoms with Crippen LogP contribution in [0.4, 0.5) is 0 Å². The third-order valence-corrected chi connectivity index (χ3v) is 4.28. The Bertz CT molecular complexity index is 719. The Labute approximate surface area is 143 Å². The second kappa shape index (κ2) is 7.85. The molecule has 4 heteroatoms. The van der Waals surface area contributed by atoms with Crippen LogP contribution in [0.1, 0.15) is 42.0 Å². The van der Waals surface area contributed by atoms with Gasteiger partial charge in [0, 0.05) is 24.6 Å². The fourth-order valence-corrected chi connectivity index (χ4v) is 2.93. The highest BCUT2D eigenvalue weighted by Gasteiger charge is 2.18. The summed E-state index contributed by atoms with van der Waals surface area (Å²) in [6.45, 7) is 3.08. The Hall–Kier alpha value is -2.51. The van der Waals surface area contributed by atoms with Gasteiger partial charge in [-0.05, 0) is 31.4 Å². The van der Waals surface area contributed by atoms with Gasteiger partial charge >= 0.3 is 0 Å². The van der Waals surface area contributed by atoms with Crippen LogP contribution in [0.5, 0.6) is 11.5 Å². The number of nitriles is 1. The molecule has 1 N–H and O–H groups in total. The third kappa shape index (κ3) is 3.87. The molecule has 2 aromatic rings. The number of ether oxygens (including phenoxy) is 2. The average molecular weight is 322 g/mol. The molecular weight excluding hydrogens is 300 g/mol. The highest BCUT2D eigenvalue weighted by Crippen LogP contribution is 2.35. The van der Waals surface area contributed by atoms with Crippen LogP contribution in [-0.2, 0) is 6.54 Å². The van der Waals surface area contributed by atoms with E-state index in [9.17, 15) is 0 Å². The van der Waals surface area contributed by atoms with E-state index in [1.807, 2.05) is 12.1 Å². The SMILES string of the molecule is Cc1ccc(C(CCCC#N)NCc2cccc3c2OCO3)cc1. The summed E-state index contributed by atoms with van der Waals surface area (Å²) in [5.41, 5.74) is 3.60. The quantitative estimate of drug-likeness (QED) is 0.774. The van der Waals surface area contributed by atoms with Gasteiger partial charge in [0.05, 0.1) is 6.07 Å². The molecule has 24 heavy (non-hydrogen) atoms. The molecule has 1 aliphatic heterocycles. The molecule has 124 valence electrons. The molecule has 1 aliphatic rings. The van der Waals surface area contributed by atoms with E-state index >= 15 is 0 Å². The highest BCUT2D eigenvalue weighted by atomic mass is 16.7. The maximum Gasteiger partial charge on any atom is 0.231 e. The average Bonchev–Trinajstić information content (AvgIpc) is 3.08. The maximum absolute atomic E-state index is 8.80. The minimum absolute atomic E-state index is 0.220. The fraction of sp³-hybridized carbons (Fsp3) is 0.350. The first-order valence-corrected chi connectivity index (χ1v) is 8.32. The van der Waals surface area contributed by atoms with Crippen LogP contribution < -0.4 is 14.8 Å². The van der Waals surface area contributed by atoms with E-state index in [1.54, 1.807) is 0 Å². The first-order chi connectivity index (χ1) is 11.8. The van der Waals surface area contributed by atoms with Gasteiger partial charge in [0.2, 0.25) is 6.79 Å². The Morgan fingerprint density at radius 1 is 1.17 bits per heavy atom. The van der Waals surface area contributed by atoms with E-state index in [2.05, 4.69) is 48.6 Å². The summed E-state index contributed by atoms with van der Waals surface area (Å²) in [6, 6.07) is 17.0. The first-order valence-electron chi connectivity index (χ1n) is 8.32. The standard InChI is InChI=1S/C20H22N2O2/c1-15-8-10-16(11-9-15)18(6-2-3-12-21)22-13-17-5-4-7-19-20(17)24-14-23-19/h4-5,7-11,18,22H,2-3,6,13-14H2,1H3. The number of rotatable bonds is 7. The molecule has 0 bridgehead atoms. The van der Waals surface area contributed by atoms with Gasteiger partial charge in [-0.15, -0.1) is 0 Å². The van der Waals surface area contributed by atoms with Gasteiger partial charge in [-0.25, -0.2) is 0 Å². The molecule has 0 saturated heterocycles. The smallest absolute Gasteiger partial charge is 0.231 e. The Kier molecular flexibility index (Phi) is 5.35. The summed E-state index contributed by atoms with van der Waals surface area (Å²) >= 11 is 0.